The average Bonchev–Trinajstić information content (AvgIpc) is 3.49. The molecule has 3 heterocycles. The molecule has 4 aromatic rings. The Bertz CT molecular complexity index is 1630. The molecule has 1 fully saturated rings. The molecule has 5 rings (SSSR count). The maximum atomic E-state index is 13.3. The molecular formula is C26H23Cl3N4O4S2. The number of carbonyl (C=O) groups is 1. The summed E-state index contributed by atoms with van der Waals surface area (Å²) in [6.07, 6.45) is 3.17. The van der Waals surface area contributed by atoms with Gasteiger partial charge >= 0.3 is 10.1 Å². The van der Waals surface area contributed by atoms with Gasteiger partial charge in [-0.25, -0.2) is 9.99 Å². The van der Waals surface area contributed by atoms with Crippen molar-refractivity contribution in [2.45, 2.75) is 30.4 Å². The van der Waals surface area contributed by atoms with E-state index < -0.39 is 10.1 Å². The third-order valence-corrected chi connectivity index (χ3v) is 9.68. The number of benzene rings is 2. The van der Waals surface area contributed by atoms with Gasteiger partial charge in [0.2, 0.25) is 0 Å². The number of thiophene rings is 1. The number of amides is 1. The molecule has 1 aliphatic heterocycles. The van der Waals surface area contributed by atoms with Crippen LogP contribution >= 0.6 is 46.1 Å². The van der Waals surface area contributed by atoms with Crippen LogP contribution in [0.5, 0.6) is 5.75 Å². The van der Waals surface area contributed by atoms with E-state index in [1.165, 1.54) is 24.3 Å². The Morgan fingerprint density at radius 1 is 1.00 bits per heavy atom. The Morgan fingerprint density at radius 3 is 2.36 bits per heavy atom. The quantitative estimate of drug-likeness (QED) is 0.228. The number of imidazole rings is 1. The third-order valence-electron chi connectivity index (χ3n) is 6.21. The molecule has 0 aliphatic carbocycles. The topological polar surface area (TPSA) is 93.5 Å². The minimum absolute atomic E-state index is 0.00561. The first-order valence-electron chi connectivity index (χ1n) is 12.0. The van der Waals surface area contributed by atoms with E-state index in [1.54, 1.807) is 41.8 Å². The molecule has 0 unspecified atom stereocenters. The van der Waals surface area contributed by atoms with Crippen molar-refractivity contribution in [1.82, 2.24) is 20.0 Å². The maximum absolute atomic E-state index is 13.3. The summed E-state index contributed by atoms with van der Waals surface area (Å²) >= 11 is 19.4. The van der Waals surface area contributed by atoms with E-state index in [-0.39, 0.29) is 21.6 Å². The molecule has 39 heavy (non-hydrogen) atoms. The van der Waals surface area contributed by atoms with Gasteiger partial charge in [-0.3, -0.25) is 14.8 Å². The molecule has 2 aromatic heterocycles. The lowest BCUT2D eigenvalue weighted by atomic mass is 10.2. The lowest BCUT2D eigenvalue weighted by Crippen LogP contribution is -2.45. The molecule has 1 aliphatic rings. The molecule has 204 valence electrons. The van der Waals surface area contributed by atoms with Crippen LogP contribution in [0.15, 0.2) is 58.8 Å². The van der Waals surface area contributed by atoms with E-state index in [0.29, 0.717) is 37.2 Å². The highest BCUT2D eigenvalue weighted by molar-refractivity contribution is 7.89. The number of rotatable bonds is 7. The van der Waals surface area contributed by atoms with Gasteiger partial charge in [0.1, 0.15) is 11.6 Å². The van der Waals surface area contributed by atoms with E-state index in [0.717, 1.165) is 43.7 Å². The van der Waals surface area contributed by atoms with Crippen LogP contribution < -0.4 is 9.61 Å². The van der Waals surface area contributed by atoms with Crippen LogP contribution in [0.1, 0.15) is 35.4 Å². The van der Waals surface area contributed by atoms with Gasteiger partial charge in [0, 0.05) is 29.4 Å². The fraction of sp³-hybridized carbons (Fsp3) is 0.231. The molecule has 2 aromatic carbocycles. The molecule has 1 amide bonds. The van der Waals surface area contributed by atoms with E-state index in [2.05, 4.69) is 5.43 Å². The van der Waals surface area contributed by atoms with Crippen molar-refractivity contribution in [3.8, 4) is 22.8 Å². The molecule has 0 radical (unpaired) electrons. The van der Waals surface area contributed by atoms with Gasteiger partial charge in [0.05, 0.1) is 15.1 Å². The fourth-order valence-corrected chi connectivity index (χ4v) is 7.20. The van der Waals surface area contributed by atoms with Crippen LogP contribution in [-0.2, 0) is 10.1 Å². The number of piperidine rings is 1. The summed E-state index contributed by atoms with van der Waals surface area (Å²) in [7, 11) is -4.03. The van der Waals surface area contributed by atoms with Gasteiger partial charge < -0.3 is 4.18 Å². The van der Waals surface area contributed by atoms with E-state index >= 15 is 0 Å². The highest BCUT2D eigenvalue weighted by Crippen LogP contribution is 2.34. The third kappa shape index (κ3) is 6.11. The number of nitrogens with zero attached hydrogens (tertiary/aromatic N) is 3. The summed E-state index contributed by atoms with van der Waals surface area (Å²) in [6.45, 7) is 3.35. The van der Waals surface area contributed by atoms with Crippen molar-refractivity contribution in [3.05, 3.63) is 80.4 Å². The van der Waals surface area contributed by atoms with Crippen LogP contribution in [0.2, 0.25) is 14.4 Å². The number of hydrogen-bond donors (Lipinski definition) is 1. The molecule has 13 heteroatoms. The van der Waals surface area contributed by atoms with Crippen molar-refractivity contribution < 1.29 is 17.4 Å². The molecule has 1 saturated heterocycles. The number of nitrogens with one attached hydrogen (secondary N) is 1. The summed E-state index contributed by atoms with van der Waals surface area (Å²) in [5.74, 6) is 0.239. The van der Waals surface area contributed by atoms with Crippen molar-refractivity contribution in [1.29, 1.82) is 0 Å². The van der Waals surface area contributed by atoms with Crippen LogP contribution in [-0.4, -0.2) is 42.0 Å². The highest BCUT2D eigenvalue weighted by Gasteiger charge is 2.25. The van der Waals surface area contributed by atoms with Gasteiger partial charge in [-0.1, -0.05) is 41.2 Å². The van der Waals surface area contributed by atoms with Gasteiger partial charge in [0.25, 0.3) is 5.91 Å². The van der Waals surface area contributed by atoms with E-state index in [1.807, 2.05) is 5.01 Å². The lowest BCUT2D eigenvalue weighted by molar-refractivity contribution is 0.0744. The minimum Gasteiger partial charge on any atom is -0.378 e. The van der Waals surface area contributed by atoms with Crippen LogP contribution in [0.4, 0.5) is 0 Å². The molecule has 0 atom stereocenters. The average molecular weight is 626 g/mol. The van der Waals surface area contributed by atoms with Gasteiger partial charge in [-0.2, -0.15) is 8.42 Å². The Labute approximate surface area is 245 Å². The number of carbonyl (C=O) groups excluding carboxylic acids is 1. The number of halogens is 3. The summed E-state index contributed by atoms with van der Waals surface area (Å²) in [4.78, 5) is 18.0. The summed E-state index contributed by atoms with van der Waals surface area (Å²) in [5, 5.41) is 2.75. The Kier molecular flexibility index (Phi) is 8.23. The monoisotopic (exact) mass is 624 g/mol. The second kappa shape index (κ2) is 11.5. The van der Waals surface area contributed by atoms with Crippen molar-refractivity contribution in [3.63, 3.8) is 0 Å². The smallest absolute Gasteiger partial charge is 0.348 e. The minimum atomic E-state index is -4.03. The summed E-state index contributed by atoms with van der Waals surface area (Å²) < 4.78 is 32.7. The second-order valence-corrected chi connectivity index (χ2v) is 13.2. The maximum Gasteiger partial charge on any atom is 0.348 e. The Morgan fingerprint density at radius 2 is 1.72 bits per heavy atom. The van der Waals surface area contributed by atoms with Gasteiger partial charge in [-0.05, 0) is 74.4 Å². The van der Waals surface area contributed by atoms with Crippen molar-refractivity contribution in [2.24, 2.45) is 0 Å². The lowest BCUT2D eigenvalue weighted by Gasteiger charge is -2.26. The molecule has 0 bridgehead atoms. The standard InChI is InChI=1S/C26H23Cl3N4O4S2/c1-16-24(26(34)31-32-13-3-2-4-14-32)30-25(20-10-5-17(27)15-21(20)28)33(16)18-6-8-19(9-7-18)37-39(35,36)23-12-11-22(29)38-23/h5-12,15H,2-4,13-14H2,1H3,(H,31,34). The van der Waals surface area contributed by atoms with E-state index in [9.17, 15) is 13.2 Å². The van der Waals surface area contributed by atoms with E-state index in [4.69, 9.17) is 44.0 Å². The Balaban J connectivity index is 1.51. The number of aromatic nitrogens is 2. The number of hydrazine groups is 1. The molecule has 1 N–H and O–H groups in total. The fourth-order valence-electron chi connectivity index (χ4n) is 4.34. The van der Waals surface area contributed by atoms with Gasteiger partial charge in [0.15, 0.2) is 9.90 Å². The highest BCUT2D eigenvalue weighted by atomic mass is 35.5. The first-order valence-corrected chi connectivity index (χ1v) is 15.4. The predicted octanol–water partition coefficient (Wildman–Crippen LogP) is 6.77. The largest absolute Gasteiger partial charge is 0.378 e. The summed E-state index contributed by atoms with van der Waals surface area (Å²) in [6, 6.07) is 14.4. The first kappa shape index (κ1) is 27.9. The zero-order valence-electron chi connectivity index (χ0n) is 20.7. The molecule has 0 spiro atoms. The Hall–Kier alpha value is -2.60. The normalized spacial score (nSPS) is 14.4. The van der Waals surface area contributed by atoms with Crippen molar-refractivity contribution >= 4 is 62.2 Å². The van der Waals surface area contributed by atoms with Crippen molar-refractivity contribution in [2.75, 3.05) is 13.1 Å². The van der Waals surface area contributed by atoms with Gasteiger partial charge in [-0.15, -0.1) is 11.3 Å². The first-order chi connectivity index (χ1) is 18.6. The zero-order chi connectivity index (χ0) is 27.7. The summed E-state index contributed by atoms with van der Waals surface area (Å²) in [5.41, 5.74) is 5.01. The predicted molar refractivity (Wildman–Crippen MR) is 154 cm³/mol. The molecule has 0 saturated carbocycles. The number of hydrogen-bond acceptors (Lipinski definition) is 7. The SMILES string of the molecule is Cc1c(C(=O)NN2CCCCC2)nc(-c2ccc(Cl)cc2Cl)n1-c1ccc(OS(=O)(=O)c2ccc(Cl)s2)cc1. The van der Waals surface area contributed by atoms with Crippen LogP contribution in [0, 0.1) is 6.92 Å². The molecule has 8 nitrogen and oxygen atoms in total. The zero-order valence-corrected chi connectivity index (χ0v) is 24.6. The van der Waals surface area contributed by atoms with Crippen LogP contribution in [0.3, 0.4) is 0 Å². The van der Waals surface area contributed by atoms with Crippen LogP contribution in [0.25, 0.3) is 17.1 Å². The second-order valence-electron chi connectivity index (χ2n) is 8.91. The molecular weight excluding hydrogens is 603 g/mol.